The minimum atomic E-state index is -0.272. The van der Waals surface area contributed by atoms with E-state index >= 15 is 0 Å². The monoisotopic (exact) mass is 355 g/mol. The molecule has 0 aliphatic carbocycles. The van der Waals surface area contributed by atoms with Crippen LogP contribution in [-0.4, -0.2) is 0 Å². The van der Waals surface area contributed by atoms with Gasteiger partial charge in [0.2, 0.25) is 0 Å². The molecule has 0 aliphatic rings. The topological polar surface area (TPSA) is 23.8 Å². The fourth-order valence-corrected chi connectivity index (χ4v) is 3.12. The van der Waals surface area contributed by atoms with Crippen LogP contribution in [0.1, 0.15) is 54.9 Å². The second kappa shape index (κ2) is 9.02. The van der Waals surface area contributed by atoms with Crippen LogP contribution in [0.4, 0.5) is 4.39 Å². The fourth-order valence-electron chi connectivity index (χ4n) is 3.12. The minimum absolute atomic E-state index is 0.272. The van der Waals surface area contributed by atoms with E-state index in [4.69, 9.17) is 5.26 Å². The van der Waals surface area contributed by atoms with E-state index in [9.17, 15) is 4.39 Å². The van der Waals surface area contributed by atoms with Gasteiger partial charge in [0.25, 0.3) is 0 Å². The van der Waals surface area contributed by atoms with Gasteiger partial charge in [-0.05, 0) is 54.1 Å². The van der Waals surface area contributed by atoms with E-state index < -0.39 is 0 Å². The average molecular weight is 355 g/mol. The van der Waals surface area contributed by atoms with Gasteiger partial charge in [0.15, 0.2) is 0 Å². The maximum atomic E-state index is 14.8. The summed E-state index contributed by atoms with van der Waals surface area (Å²) < 4.78 is 14.8. The number of halogens is 1. The second-order valence-corrected chi connectivity index (χ2v) is 6.73. The zero-order valence-corrected chi connectivity index (χ0v) is 15.6. The molecule has 134 valence electrons. The summed E-state index contributed by atoms with van der Waals surface area (Å²) >= 11 is 0. The summed E-state index contributed by atoms with van der Waals surface area (Å²) in [5.74, 6) is 5.61. The molecule has 0 amide bonds. The molecule has 0 spiro atoms. The summed E-state index contributed by atoms with van der Waals surface area (Å²) in [5.41, 5.74) is 3.00. The molecule has 0 saturated carbocycles. The summed E-state index contributed by atoms with van der Waals surface area (Å²) in [6.45, 7) is 2.21. The molecule has 27 heavy (non-hydrogen) atoms. The van der Waals surface area contributed by atoms with Crippen molar-refractivity contribution in [2.75, 3.05) is 0 Å². The maximum absolute atomic E-state index is 14.8. The molecule has 3 rings (SSSR count). The molecule has 0 atom stereocenters. The number of nitrogens with zero attached hydrogens (tertiary/aromatic N) is 1. The SMILES string of the molecule is CCCCCCc1ccc2c(F)c(C#Cc3ccc(C#N)cc3)ccc2c1. The number of hydrogen-bond acceptors (Lipinski definition) is 1. The Hall–Kier alpha value is -3.10. The number of hydrogen-bond donors (Lipinski definition) is 0. The Morgan fingerprint density at radius 2 is 1.63 bits per heavy atom. The van der Waals surface area contributed by atoms with Crippen molar-refractivity contribution in [3.05, 3.63) is 82.7 Å². The first kappa shape index (κ1) is 18.7. The molecule has 0 aliphatic heterocycles. The highest BCUT2D eigenvalue weighted by atomic mass is 19.1. The lowest BCUT2D eigenvalue weighted by molar-refractivity contribution is 0.636. The molecule has 0 heterocycles. The van der Waals surface area contributed by atoms with Crippen LogP contribution in [0.15, 0.2) is 54.6 Å². The first-order chi connectivity index (χ1) is 13.2. The molecule has 1 nitrogen and oxygen atoms in total. The van der Waals surface area contributed by atoms with Crippen LogP contribution in [0.25, 0.3) is 10.8 Å². The second-order valence-electron chi connectivity index (χ2n) is 6.73. The number of fused-ring (bicyclic) bond motifs is 1. The van der Waals surface area contributed by atoms with Gasteiger partial charge in [-0.3, -0.25) is 0 Å². The third-order valence-electron chi connectivity index (χ3n) is 4.69. The highest BCUT2D eigenvalue weighted by molar-refractivity contribution is 5.85. The number of benzene rings is 3. The third kappa shape index (κ3) is 4.75. The molecule has 0 saturated heterocycles. The first-order valence-electron chi connectivity index (χ1n) is 9.44. The number of rotatable bonds is 5. The van der Waals surface area contributed by atoms with E-state index in [0.717, 1.165) is 17.4 Å². The zero-order chi connectivity index (χ0) is 19.1. The van der Waals surface area contributed by atoms with Gasteiger partial charge in [-0.2, -0.15) is 5.26 Å². The lowest BCUT2D eigenvalue weighted by Crippen LogP contribution is -1.90. The fraction of sp³-hybridized carbons (Fsp3) is 0.240. The van der Waals surface area contributed by atoms with Crippen molar-refractivity contribution >= 4 is 10.8 Å². The molecule has 2 heteroatoms. The first-order valence-corrected chi connectivity index (χ1v) is 9.44. The molecule has 0 aromatic heterocycles. The maximum Gasteiger partial charge on any atom is 0.146 e. The van der Waals surface area contributed by atoms with Gasteiger partial charge in [0.05, 0.1) is 17.2 Å². The molecule has 0 bridgehead atoms. The molecule has 0 radical (unpaired) electrons. The minimum Gasteiger partial charge on any atom is -0.205 e. The largest absolute Gasteiger partial charge is 0.205 e. The van der Waals surface area contributed by atoms with Gasteiger partial charge in [-0.1, -0.05) is 62.3 Å². The normalized spacial score (nSPS) is 10.3. The van der Waals surface area contributed by atoms with Gasteiger partial charge in [-0.25, -0.2) is 4.39 Å². The van der Waals surface area contributed by atoms with Gasteiger partial charge in [-0.15, -0.1) is 0 Å². The summed E-state index contributed by atoms with van der Waals surface area (Å²) in [6, 6.07) is 18.7. The lowest BCUT2D eigenvalue weighted by atomic mass is 10.00. The van der Waals surface area contributed by atoms with Crippen LogP contribution in [-0.2, 0) is 6.42 Å². The van der Waals surface area contributed by atoms with Crippen molar-refractivity contribution in [1.29, 1.82) is 5.26 Å². The molecular weight excluding hydrogens is 333 g/mol. The Kier molecular flexibility index (Phi) is 6.24. The molecule has 3 aromatic carbocycles. The van der Waals surface area contributed by atoms with E-state index in [-0.39, 0.29) is 5.82 Å². The van der Waals surface area contributed by atoms with E-state index in [2.05, 4.69) is 30.9 Å². The summed E-state index contributed by atoms with van der Waals surface area (Å²) in [7, 11) is 0. The summed E-state index contributed by atoms with van der Waals surface area (Å²) in [4.78, 5) is 0. The smallest absolute Gasteiger partial charge is 0.146 e. The Labute approximate surface area is 160 Å². The number of unbranched alkanes of at least 4 members (excludes halogenated alkanes) is 3. The highest BCUT2D eigenvalue weighted by Crippen LogP contribution is 2.23. The van der Waals surface area contributed by atoms with Crippen LogP contribution in [0.3, 0.4) is 0 Å². The average Bonchev–Trinajstić information content (AvgIpc) is 2.71. The van der Waals surface area contributed by atoms with Gasteiger partial charge in [0, 0.05) is 10.9 Å². The lowest BCUT2D eigenvalue weighted by Gasteiger charge is -2.06. The summed E-state index contributed by atoms with van der Waals surface area (Å²) in [5, 5.41) is 10.4. The van der Waals surface area contributed by atoms with Crippen LogP contribution in [0, 0.1) is 29.0 Å². The van der Waals surface area contributed by atoms with Crippen LogP contribution in [0.5, 0.6) is 0 Å². The van der Waals surface area contributed by atoms with Gasteiger partial charge >= 0.3 is 0 Å². The van der Waals surface area contributed by atoms with Gasteiger partial charge in [0.1, 0.15) is 5.82 Å². The van der Waals surface area contributed by atoms with Crippen molar-refractivity contribution in [3.63, 3.8) is 0 Å². The number of aryl methyl sites for hydroxylation is 1. The van der Waals surface area contributed by atoms with Crippen molar-refractivity contribution in [1.82, 2.24) is 0 Å². The van der Waals surface area contributed by atoms with Crippen molar-refractivity contribution in [3.8, 4) is 17.9 Å². The van der Waals surface area contributed by atoms with E-state index in [1.54, 1.807) is 30.3 Å². The predicted molar refractivity (Wildman–Crippen MR) is 109 cm³/mol. The van der Waals surface area contributed by atoms with Gasteiger partial charge < -0.3 is 0 Å². The van der Waals surface area contributed by atoms with Crippen LogP contribution in [0.2, 0.25) is 0 Å². The quantitative estimate of drug-likeness (QED) is 0.385. The Bertz CT molecular complexity index is 1030. The molecule has 0 unspecified atom stereocenters. The van der Waals surface area contributed by atoms with Crippen molar-refractivity contribution < 1.29 is 4.39 Å². The third-order valence-corrected chi connectivity index (χ3v) is 4.69. The Morgan fingerprint density at radius 1 is 0.852 bits per heavy atom. The molecule has 0 fully saturated rings. The number of nitriles is 1. The highest BCUT2D eigenvalue weighted by Gasteiger charge is 2.06. The van der Waals surface area contributed by atoms with E-state index in [1.165, 1.54) is 31.2 Å². The molecular formula is C25H22FN. The molecule has 0 N–H and O–H groups in total. The van der Waals surface area contributed by atoms with E-state index in [1.807, 2.05) is 18.2 Å². The predicted octanol–water partition coefficient (Wildman–Crippen LogP) is 6.37. The van der Waals surface area contributed by atoms with Crippen LogP contribution < -0.4 is 0 Å². The van der Waals surface area contributed by atoms with E-state index in [0.29, 0.717) is 16.5 Å². The Morgan fingerprint density at radius 3 is 2.37 bits per heavy atom. The van der Waals surface area contributed by atoms with Crippen molar-refractivity contribution in [2.45, 2.75) is 39.0 Å². The van der Waals surface area contributed by atoms with Crippen LogP contribution >= 0.6 is 0 Å². The Balaban J connectivity index is 1.81. The standard InChI is InChI=1S/C25H22FN/c1-2-3-4-5-6-20-12-16-24-23(17-20)15-14-22(25(24)26)13-11-19-7-9-21(18-27)10-8-19/h7-10,12,14-17H,2-6H2,1H3. The van der Waals surface area contributed by atoms with Crippen molar-refractivity contribution in [2.24, 2.45) is 0 Å². The summed E-state index contributed by atoms with van der Waals surface area (Å²) in [6.07, 6.45) is 5.96. The molecule has 3 aromatic rings. The zero-order valence-electron chi connectivity index (χ0n) is 15.6.